The van der Waals surface area contributed by atoms with Crippen LogP contribution in [0.2, 0.25) is 0 Å². The van der Waals surface area contributed by atoms with Crippen LogP contribution in [0.1, 0.15) is 18.4 Å². The second kappa shape index (κ2) is 4.18. The number of benzene rings is 1. The van der Waals surface area contributed by atoms with Gasteiger partial charge in [-0.15, -0.1) is 0 Å². The lowest BCUT2D eigenvalue weighted by atomic mass is 10.0. The van der Waals surface area contributed by atoms with Crippen LogP contribution in [-0.2, 0) is 14.3 Å². The number of hydrogen-bond acceptors (Lipinski definition) is 3. The molecular weight excluding hydrogens is 206 g/mol. The molecule has 16 heavy (non-hydrogen) atoms. The topological polar surface area (TPSA) is 59.2 Å². The molecule has 1 aromatic heterocycles. The zero-order valence-electron chi connectivity index (χ0n) is 8.77. The van der Waals surface area contributed by atoms with E-state index in [9.17, 15) is 9.59 Å². The summed E-state index contributed by atoms with van der Waals surface area (Å²) < 4.78 is 4.34. The number of carbonyl (C=O) groups excluding carboxylic acids is 2. The Morgan fingerprint density at radius 3 is 2.94 bits per heavy atom. The molecule has 0 fully saturated rings. The van der Waals surface area contributed by atoms with Gasteiger partial charge in [0, 0.05) is 17.1 Å². The minimum absolute atomic E-state index is 0.160. The quantitative estimate of drug-likeness (QED) is 0.485. The van der Waals surface area contributed by atoms with Gasteiger partial charge in [-0.2, -0.15) is 0 Å². The lowest BCUT2D eigenvalue weighted by Crippen LogP contribution is -2.11. The standard InChI is InChI=1S/C12H11NO3/c1-8(12(15)16-7-14)10-6-13-11-5-3-2-4-9(10)11/h2-8,13H,1H3. The molecule has 0 amide bonds. The fourth-order valence-corrected chi connectivity index (χ4v) is 1.73. The van der Waals surface area contributed by atoms with E-state index in [0.717, 1.165) is 16.5 Å². The van der Waals surface area contributed by atoms with Gasteiger partial charge in [0.05, 0.1) is 5.92 Å². The first kappa shape index (κ1) is 10.4. The highest BCUT2D eigenvalue weighted by Gasteiger charge is 2.19. The summed E-state index contributed by atoms with van der Waals surface area (Å²) in [6.45, 7) is 1.87. The molecule has 4 heteroatoms. The Kier molecular flexibility index (Phi) is 2.72. The molecule has 0 saturated heterocycles. The first-order valence-electron chi connectivity index (χ1n) is 4.94. The van der Waals surface area contributed by atoms with Crippen LogP contribution >= 0.6 is 0 Å². The van der Waals surface area contributed by atoms with Crippen molar-refractivity contribution in [3.63, 3.8) is 0 Å². The van der Waals surface area contributed by atoms with Crippen LogP contribution in [0.4, 0.5) is 0 Å². The zero-order valence-corrected chi connectivity index (χ0v) is 8.77. The Morgan fingerprint density at radius 2 is 2.19 bits per heavy atom. The number of nitrogens with one attached hydrogen (secondary N) is 1. The highest BCUT2D eigenvalue weighted by Crippen LogP contribution is 2.25. The van der Waals surface area contributed by atoms with E-state index in [4.69, 9.17) is 0 Å². The number of H-pyrrole nitrogens is 1. The van der Waals surface area contributed by atoms with Gasteiger partial charge in [-0.25, -0.2) is 0 Å². The Hall–Kier alpha value is -2.10. The van der Waals surface area contributed by atoms with Crippen molar-refractivity contribution in [1.29, 1.82) is 0 Å². The first-order valence-corrected chi connectivity index (χ1v) is 4.94. The number of para-hydroxylation sites is 1. The Morgan fingerprint density at radius 1 is 1.44 bits per heavy atom. The molecule has 0 aliphatic carbocycles. The molecule has 0 aliphatic rings. The molecule has 82 valence electrons. The van der Waals surface area contributed by atoms with Crippen LogP contribution in [0.15, 0.2) is 30.5 Å². The monoisotopic (exact) mass is 217 g/mol. The SMILES string of the molecule is CC(C(=O)OC=O)c1c[nH]c2ccccc12. The van der Waals surface area contributed by atoms with Gasteiger partial charge in [0.15, 0.2) is 0 Å². The maximum absolute atomic E-state index is 11.4. The number of ether oxygens (including phenoxy) is 1. The maximum Gasteiger partial charge on any atom is 0.320 e. The largest absolute Gasteiger partial charge is 0.395 e. The maximum atomic E-state index is 11.4. The average molecular weight is 217 g/mol. The molecule has 2 aromatic rings. The van der Waals surface area contributed by atoms with Crippen molar-refractivity contribution in [3.8, 4) is 0 Å². The van der Waals surface area contributed by atoms with Gasteiger partial charge >= 0.3 is 12.4 Å². The van der Waals surface area contributed by atoms with Crippen LogP contribution in [0.5, 0.6) is 0 Å². The van der Waals surface area contributed by atoms with Crippen molar-refractivity contribution in [2.75, 3.05) is 0 Å². The van der Waals surface area contributed by atoms with Crippen LogP contribution in [-0.4, -0.2) is 17.4 Å². The lowest BCUT2D eigenvalue weighted by molar-refractivity contribution is -0.152. The van der Waals surface area contributed by atoms with Gasteiger partial charge in [0.2, 0.25) is 0 Å². The summed E-state index contributed by atoms with van der Waals surface area (Å²) in [5.74, 6) is -0.999. The van der Waals surface area contributed by atoms with Gasteiger partial charge < -0.3 is 9.72 Å². The molecule has 0 saturated carbocycles. The third-order valence-electron chi connectivity index (χ3n) is 2.61. The summed E-state index contributed by atoms with van der Waals surface area (Å²) in [5.41, 5.74) is 1.80. The minimum Gasteiger partial charge on any atom is -0.395 e. The van der Waals surface area contributed by atoms with Crippen LogP contribution in [0.3, 0.4) is 0 Å². The van der Waals surface area contributed by atoms with Crippen molar-refractivity contribution in [2.24, 2.45) is 0 Å². The van der Waals surface area contributed by atoms with Crippen molar-refractivity contribution in [3.05, 3.63) is 36.0 Å². The third kappa shape index (κ3) is 1.69. The van der Waals surface area contributed by atoms with E-state index < -0.39 is 11.9 Å². The molecule has 4 nitrogen and oxygen atoms in total. The van der Waals surface area contributed by atoms with Gasteiger partial charge in [0.25, 0.3) is 0 Å². The molecule has 0 aliphatic heterocycles. The summed E-state index contributed by atoms with van der Waals surface area (Å²) in [7, 11) is 0. The molecular formula is C12H11NO3. The minimum atomic E-state index is -0.542. The normalized spacial score (nSPS) is 12.3. The zero-order chi connectivity index (χ0) is 11.5. The van der Waals surface area contributed by atoms with E-state index in [1.807, 2.05) is 24.3 Å². The molecule has 0 bridgehead atoms. The highest BCUT2D eigenvalue weighted by molar-refractivity contribution is 5.91. The van der Waals surface area contributed by atoms with E-state index in [-0.39, 0.29) is 6.47 Å². The summed E-state index contributed by atoms with van der Waals surface area (Å²) in [6, 6.07) is 7.66. The predicted octanol–water partition coefficient (Wildman–Crippen LogP) is 1.97. The molecule has 1 heterocycles. The fraction of sp³-hybridized carbons (Fsp3) is 0.167. The molecule has 0 spiro atoms. The number of fused-ring (bicyclic) bond motifs is 1. The third-order valence-corrected chi connectivity index (χ3v) is 2.61. The number of rotatable bonds is 3. The Balaban J connectivity index is 2.39. The highest BCUT2D eigenvalue weighted by atomic mass is 16.6. The Labute approximate surface area is 92.2 Å². The van der Waals surface area contributed by atoms with Crippen molar-refractivity contribution in [2.45, 2.75) is 12.8 Å². The molecule has 1 unspecified atom stereocenters. The molecule has 2 rings (SSSR count). The van der Waals surface area contributed by atoms with Gasteiger partial charge in [-0.05, 0) is 18.6 Å². The summed E-state index contributed by atoms with van der Waals surface area (Å²) in [4.78, 5) is 24.6. The van der Waals surface area contributed by atoms with Crippen molar-refractivity contribution >= 4 is 23.3 Å². The molecule has 0 radical (unpaired) electrons. The second-order valence-corrected chi connectivity index (χ2v) is 3.54. The van der Waals surface area contributed by atoms with Crippen LogP contribution in [0, 0.1) is 0 Å². The molecule has 1 aromatic carbocycles. The van der Waals surface area contributed by atoms with Gasteiger partial charge in [-0.3, -0.25) is 9.59 Å². The number of carbonyl (C=O) groups is 2. The van der Waals surface area contributed by atoms with Crippen molar-refractivity contribution in [1.82, 2.24) is 4.98 Å². The average Bonchev–Trinajstić information content (AvgIpc) is 2.72. The predicted molar refractivity (Wildman–Crippen MR) is 58.9 cm³/mol. The van der Waals surface area contributed by atoms with Crippen LogP contribution < -0.4 is 0 Å². The molecule has 1 atom stereocenters. The van der Waals surface area contributed by atoms with Gasteiger partial charge in [-0.1, -0.05) is 18.2 Å². The second-order valence-electron chi connectivity index (χ2n) is 3.54. The number of aromatic amines is 1. The smallest absolute Gasteiger partial charge is 0.320 e. The summed E-state index contributed by atoms with van der Waals surface area (Å²) in [6.07, 6.45) is 1.77. The van der Waals surface area contributed by atoms with E-state index in [0.29, 0.717) is 0 Å². The van der Waals surface area contributed by atoms with E-state index in [1.54, 1.807) is 13.1 Å². The number of hydrogen-bond donors (Lipinski definition) is 1. The van der Waals surface area contributed by atoms with Crippen molar-refractivity contribution < 1.29 is 14.3 Å². The first-order chi connectivity index (χ1) is 7.74. The van der Waals surface area contributed by atoms with E-state index in [2.05, 4.69) is 9.72 Å². The number of esters is 1. The van der Waals surface area contributed by atoms with E-state index in [1.165, 1.54) is 0 Å². The summed E-state index contributed by atoms with van der Waals surface area (Å²) in [5, 5.41) is 0.970. The molecule has 1 N–H and O–H groups in total. The van der Waals surface area contributed by atoms with E-state index >= 15 is 0 Å². The Bertz CT molecular complexity index is 530. The number of aromatic nitrogens is 1. The lowest BCUT2D eigenvalue weighted by Gasteiger charge is -2.06. The van der Waals surface area contributed by atoms with Gasteiger partial charge in [0.1, 0.15) is 0 Å². The summed E-state index contributed by atoms with van der Waals surface area (Å²) >= 11 is 0. The van der Waals surface area contributed by atoms with Crippen LogP contribution in [0.25, 0.3) is 10.9 Å². The fourth-order valence-electron chi connectivity index (χ4n) is 1.73.